The van der Waals surface area contributed by atoms with Crippen molar-refractivity contribution < 1.29 is 38.6 Å². The third-order valence-electron chi connectivity index (χ3n) is 13.2. The Labute approximate surface area is 411 Å². The molecule has 3 aromatic carbocycles. The Hall–Kier alpha value is -5.88. The van der Waals surface area contributed by atoms with E-state index < -0.39 is 65.4 Å². The first-order valence-corrected chi connectivity index (χ1v) is 24.8. The predicted molar refractivity (Wildman–Crippen MR) is 264 cm³/mol. The maximum absolute atomic E-state index is 14.3. The lowest BCUT2D eigenvalue weighted by molar-refractivity contribution is -0.144. The summed E-state index contributed by atoms with van der Waals surface area (Å²) in [5, 5.41) is 20.0. The van der Waals surface area contributed by atoms with E-state index in [1.165, 1.54) is 9.80 Å². The molecule has 1 saturated heterocycles. The molecule has 8 N–H and O–H groups in total. The third kappa shape index (κ3) is 11.9. The van der Waals surface area contributed by atoms with E-state index >= 15 is 0 Å². The van der Waals surface area contributed by atoms with Gasteiger partial charge in [-0.2, -0.15) is 0 Å². The Morgan fingerprint density at radius 1 is 0.971 bits per heavy atom. The number of nitrogens with one attached hydrogen (secondary N) is 3. The summed E-state index contributed by atoms with van der Waals surface area (Å²) in [5.74, 6) is -2.13. The van der Waals surface area contributed by atoms with Crippen LogP contribution < -0.4 is 37.1 Å². The van der Waals surface area contributed by atoms with Crippen LogP contribution in [-0.2, 0) is 48.0 Å². The average molecular weight is 984 g/mol. The molecule has 0 unspecified atom stereocenters. The van der Waals surface area contributed by atoms with E-state index in [0.717, 1.165) is 38.5 Å². The summed E-state index contributed by atoms with van der Waals surface area (Å²) >= 11 is 8.42. The first-order chi connectivity index (χ1) is 32.8. The number of carbonyl (C=O) groups excluding carboxylic acids is 6. The van der Waals surface area contributed by atoms with Crippen LogP contribution in [0.3, 0.4) is 0 Å². The van der Waals surface area contributed by atoms with Crippen LogP contribution >= 0.6 is 22.9 Å². The number of aliphatic hydroxyl groups excluding tert-OH is 1. The summed E-state index contributed by atoms with van der Waals surface area (Å²) in [6.07, 6.45) is 1.57. The number of primary amides is 1. The number of hydrogen-bond acceptors (Lipinski definition) is 11. The summed E-state index contributed by atoms with van der Waals surface area (Å²) in [5.41, 5.74) is 19.0. The van der Waals surface area contributed by atoms with Gasteiger partial charge in [-0.05, 0) is 85.3 Å². The highest BCUT2D eigenvalue weighted by Gasteiger charge is 2.45. The van der Waals surface area contributed by atoms with Crippen LogP contribution in [0.25, 0.3) is 10.4 Å². The number of hydrogen-bond donors (Lipinski definition) is 6. The normalized spacial score (nSPS) is 20.1. The number of aliphatic hydroxyl groups is 1. The number of nitrogens with two attached hydrogens (primary N) is 2. The summed E-state index contributed by atoms with van der Waals surface area (Å²) in [7, 11) is 0. The minimum Gasteiger partial charge on any atom is -0.490 e. The summed E-state index contributed by atoms with van der Waals surface area (Å²) in [4.78, 5) is 89.1. The van der Waals surface area contributed by atoms with Crippen molar-refractivity contribution in [3.8, 4) is 16.2 Å². The fourth-order valence-corrected chi connectivity index (χ4v) is 10.5. The number of aromatic nitrogens is 1. The van der Waals surface area contributed by atoms with Gasteiger partial charge in [-0.25, -0.2) is 4.98 Å². The average Bonchev–Trinajstić information content (AvgIpc) is 4.02. The lowest BCUT2D eigenvalue weighted by Gasteiger charge is -2.35. The molecule has 18 heteroatoms. The van der Waals surface area contributed by atoms with Gasteiger partial charge in [0, 0.05) is 32.2 Å². The Bertz CT molecular complexity index is 2560. The van der Waals surface area contributed by atoms with Crippen LogP contribution in [0.2, 0.25) is 5.02 Å². The summed E-state index contributed by atoms with van der Waals surface area (Å²) in [6.45, 7) is 9.23. The van der Waals surface area contributed by atoms with Gasteiger partial charge in [0.1, 0.15) is 30.5 Å². The number of halogens is 1. The highest BCUT2D eigenvalue weighted by atomic mass is 35.5. The fourth-order valence-electron chi connectivity index (χ4n) is 9.41. The number of nitrogens with zero attached hydrogens (tertiary/aromatic N) is 3. The number of rotatable bonds is 18. The van der Waals surface area contributed by atoms with E-state index in [1.54, 1.807) is 29.0 Å². The number of thiazole rings is 1. The Kier molecular flexibility index (Phi) is 16.1. The van der Waals surface area contributed by atoms with E-state index in [9.17, 15) is 33.9 Å². The molecule has 3 aliphatic heterocycles. The number of aryl methyl sites for hydroxylation is 3. The van der Waals surface area contributed by atoms with Gasteiger partial charge in [-0.15, -0.1) is 11.3 Å². The fraction of sp³-hybridized carbons (Fsp3) is 0.471. The molecule has 0 saturated carbocycles. The molecular formula is C51H63ClN8O8S. The van der Waals surface area contributed by atoms with Gasteiger partial charge < -0.3 is 42.2 Å². The number of ether oxygens (including phenoxy) is 1. The molecule has 1 fully saturated rings. The largest absolute Gasteiger partial charge is 0.490 e. The SMILES string of the molecule is Cc1ncsc1-c1ccc([C@H](C)NC(=O)[C@@H]2C[C@@H](O)CN2C(=O)[C@@H](NC(=O)CCCc2cccc(OC[C@H](CCC(N)=O)NC(=O)[C@@H]3Cc4cccc5c4N3C(=O)[C@@H](N)CC5)c2Cl)C(C)(C)C)cc1. The van der Waals surface area contributed by atoms with Crippen molar-refractivity contribution in [1.29, 1.82) is 0 Å². The second kappa shape index (κ2) is 21.8. The van der Waals surface area contributed by atoms with Crippen molar-refractivity contribution in [3.63, 3.8) is 0 Å². The van der Waals surface area contributed by atoms with E-state index in [-0.39, 0.29) is 56.7 Å². The van der Waals surface area contributed by atoms with Gasteiger partial charge in [0.15, 0.2) is 0 Å². The number of para-hydroxylation sites is 1. The van der Waals surface area contributed by atoms with E-state index in [4.69, 9.17) is 27.8 Å². The number of benzene rings is 3. The van der Waals surface area contributed by atoms with E-state index in [1.807, 2.05) is 83.1 Å². The number of likely N-dealkylation sites (tertiary alicyclic amines) is 1. The quantitative estimate of drug-likeness (QED) is 0.0795. The number of β-amino-alcohol motifs (C(OH)–C–C–N with tert-alkyl or cyclic N) is 1. The predicted octanol–water partition coefficient (Wildman–Crippen LogP) is 4.83. The highest BCUT2D eigenvalue weighted by Crippen LogP contribution is 2.39. The number of carbonyl (C=O) groups is 6. The van der Waals surface area contributed by atoms with Crippen LogP contribution in [0.1, 0.15) is 100 Å². The summed E-state index contributed by atoms with van der Waals surface area (Å²) in [6, 6.07) is 14.4. The topological polar surface area (TPSA) is 239 Å². The smallest absolute Gasteiger partial charge is 0.246 e. The maximum atomic E-state index is 14.3. The van der Waals surface area contributed by atoms with E-state index in [2.05, 4.69) is 20.9 Å². The minimum atomic E-state index is -0.988. The molecule has 3 aliphatic rings. The molecule has 69 heavy (non-hydrogen) atoms. The lowest BCUT2D eigenvalue weighted by Crippen LogP contribution is -2.57. The molecule has 4 heterocycles. The first kappa shape index (κ1) is 51.0. The zero-order valence-electron chi connectivity index (χ0n) is 39.8. The van der Waals surface area contributed by atoms with Gasteiger partial charge in [0.25, 0.3) is 0 Å². The standard InChI is InChI=1S/C51H63ClN8O8S/c1-28(30-15-17-33(18-16-30)45-29(2)55-27-69-45)56-47(64)38-24-36(61)25-59(38)50(67)46(51(3,4)5)58-42(63)14-8-10-31-9-7-13-40(43(31)52)68-26-35(20-22-41(54)62)57-48(65)39-23-34-12-6-11-32-19-21-37(53)49(66)60(39)44(32)34/h6-7,9,11-13,15-18,27-28,35-39,46,61H,8,10,14,19-26,53H2,1-5H3,(H2,54,62)(H,56,64)(H,57,65)(H,58,63)/t28-,35-,36+,37-,38-,39-,46+/m0/s1. The van der Waals surface area contributed by atoms with Gasteiger partial charge in [-0.3, -0.25) is 33.7 Å². The molecule has 0 spiro atoms. The first-order valence-electron chi connectivity index (χ1n) is 23.6. The Morgan fingerprint density at radius 3 is 2.38 bits per heavy atom. The van der Waals surface area contributed by atoms with Crippen molar-refractivity contribution in [2.24, 2.45) is 16.9 Å². The Balaban J connectivity index is 0.933. The molecule has 16 nitrogen and oxygen atoms in total. The molecule has 1 aromatic heterocycles. The number of amides is 6. The van der Waals surface area contributed by atoms with Crippen molar-refractivity contribution in [1.82, 2.24) is 25.8 Å². The van der Waals surface area contributed by atoms with Gasteiger partial charge >= 0.3 is 0 Å². The second-order valence-electron chi connectivity index (χ2n) is 19.5. The van der Waals surface area contributed by atoms with E-state index in [0.29, 0.717) is 48.4 Å². The zero-order chi connectivity index (χ0) is 49.7. The lowest BCUT2D eigenvalue weighted by atomic mass is 9.85. The van der Waals surface area contributed by atoms with Gasteiger partial charge in [0.05, 0.1) is 51.0 Å². The molecule has 4 aromatic rings. The van der Waals surface area contributed by atoms with Crippen molar-refractivity contribution in [2.45, 2.75) is 135 Å². The molecule has 368 valence electrons. The highest BCUT2D eigenvalue weighted by molar-refractivity contribution is 7.13. The molecule has 7 rings (SSSR count). The molecule has 0 bridgehead atoms. The molecular weight excluding hydrogens is 920 g/mol. The molecule has 0 aliphatic carbocycles. The third-order valence-corrected chi connectivity index (χ3v) is 14.6. The second-order valence-corrected chi connectivity index (χ2v) is 20.7. The van der Waals surface area contributed by atoms with Crippen LogP contribution in [0.4, 0.5) is 5.69 Å². The van der Waals surface area contributed by atoms with Crippen LogP contribution in [0.5, 0.6) is 5.75 Å². The summed E-state index contributed by atoms with van der Waals surface area (Å²) < 4.78 is 6.16. The molecule has 7 atom stereocenters. The van der Waals surface area contributed by atoms with Crippen LogP contribution in [-0.4, -0.2) is 99.9 Å². The molecule has 0 radical (unpaired) electrons. The van der Waals surface area contributed by atoms with Crippen LogP contribution in [0.15, 0.2) is 66.2 Å². The maximum Gasteiger partial charge on any atom is 0.246 e. The number of anilines is 1. The minimum absolute atomic E-state index is 0.0194. The van der Waals surface area contributed by atoms with Crippen molar-refractivity contribution in [3.05, 3.63) is 99.1 Å². The van der Waals surface area contributed by atoms with Crippen LogP contribution in [0, 0.1) is 12.3 Å². The van der Waals surface area contributed by atoms with Gasteiger partial charge in [-0.1, -0.05) is 87.0 Å². The van der Waals surface area contributed by atoms with Gasteiger partial charge in [0.2, 0.25) is 35.4 Å². The zero-order valence-corrected chi connectivity index (χ0v) is 41.3. The Morgan fingerprint density at radius 2 is 1.68 bits per heavy atom. The van der Waals surface area contributed by atoms with Crippen molar-refractivity contribution in [2.75, 3.05) is 18.1 Å². The molecule has 6 amide bonds. The monoisotopic (exact) mass is 982 g/mol. The van der Waals surface area contributed by atoms with Crippen molar-refractivity contribution >= 4 is 64.1 Å².